The zero-order valence-corrected chi connectivity index (χ0v) is 20.4. The van der Waals surface area contributed by atoms with Gasteiger partial charge in [0.15, 0.2) is 0 Å². The number of thioether (sulfide) groups is 1. The average Bonchev–Trinajstić information content (AvgIpc) is 3.61. The molecule has 2 aromatic heterocycles. The van der Waals surface area contributed by atoms with Gasteiger partial charge in [0.1, 0.15) is 17.0 Å². The number of nitrogens with zero attached hydrogens (tertiary/aromatic N) is 2. The van der Waals surface area contributed by atoms with Crippen LogP contribution in [0.3, 0.4) is 0 Å². The zero-order valence-electron chi connectivity index (χ0n) is 18.7. The Balaban J connectivity index is 1.34. The standard InChI is InChI=1S/C25H23N3O4S2/c1-15-27-22(23(34-15)16-5-3-6-18(11-16)31-2)25(30)28-14-33-13-17(28)12-26-24(29)20-7-4-8-21-19(20)9-10-32-21/h3-11,17H,12-14H2,1-2H3,(H,26,29)/t17-/m1/s1. The van der Waals surface area contributed by atoms with Crippen LogP contribution in [-0.2, 0) is 0 Å². The summed E-state index contributed by atoms with van der Waals surface area (Å²) >= 11 is 3.17. The Morgan fingerprint density at radius 3 is 2.94 bits per heavy atom. The summed E-state index contributed by atoms with van der Waals surface area (Å²) in [6.07, 6.45) is 1.57. The maximum Gasteiger partial charge on any atom is 0.275 e. The van der Waals surface area contributed by atoms with Crippen molar-refractivity contribution in [2.45, 2.75) is 13.0 Å². The van der Waals surface area contributed by atoms with E-state index < -0.39 is 0 Å². The van der Waals surface area contributed by atoms with Crippen molar-refractivity contribution >= 4 is 45.9 Å². The molecule has 7 nitrogen and oxygen atoms in total. The van der Waals surface area contributed by atoms with Gasteiger partial charge in [0, 0.05) is 17.7 Å². The van der Waals surface area contributed by atoms with Gasteiger partial charge in [-0.2, -0.15) is 0 Å². The van der Waals surface area contributed by atoms with Gasteiger partial charge in [-0.3, -0.25) is 9.59 Å². The second-order valence-electron chi connectivity index (χ2n) is 7.92. The maximum atomic E-state index is 13.6. The number of ether oxygens (including phenoxy) is 1. The minimum absolute atomic E-state index is 0.120. The molecule has 0 aliphatic carbocycles. The summed E-state index contributed by atoms with van der Waals surface area (Å²) in [5.41, 5.74) is 2.58. The lowest BCUT2D eigenvalue weighted by molar-refractivity contribution is 0.0732. The third kappa shape index (κ3) is 4.28. The average molecular weight is 494 g/mol. The van der Waals surface area contributed by atoms with Crippen molar-refractivity contribution in [1.82, 2.24) is 15.2 Å². The predicted molar refractivity (Wildman–Crippen MR) is 135 cm³/mol. The third-order valence-electron chi connectivity index (χ3n) is 5.75. The molecule has 0 unspecified atom stereocenters. The van der Waals surface area contributed by atoms with E-state index in [1.54, 1.807) is 43.3 Å². The number of carbonyl (C=O) groups is 2. The highest BCUT2D eigenvalue weighted by Gasteiger charge is 2.33. The SMILES string of the molecule is COc1cccc(-c2sc(C)nc2C(=O)N2CSC[C@H]2CNC(=O)c2cccc3occc23)c1. The largest absolute Gasteiger partial charge is 0.497 e. The molecule has 174 valence electrons. The number of benzene rings is 2. The van der Waals surface area contributed by atoms with Gasteiger partial charge in [0.05, 0.1) is 40.7 Å². The zero-order chi connectivity index (χ0) is 23.7. The van der Waals surface area contributed by atoms with E-state index in [1.165, 1.54) is 11.3 Å². The Bertz CT molecular complexity index is 1360. The van der Waals surface area contributed by atoms with Crippen LogP contribution in [0.25, 0.3) is 21.4 Å². The van der Waals surface area contributed by atoms with Crippen LogP contribution >= 0.6 is 23.1 Å². The van der Waals surface area contributed by atoms with Crippen LogP contribution in [-0.4, -0.2) is 53.0 Å². The number of nitrogens with one attached hydrogen (secondary N) is 1. The predicted octanol–water partition coefficient (Wildman–Crippen LogP) is 4.82. The number of hydrogen-bond acceptors (Lipinski definition) is 7. The van der Waals surface area contributed by atoms with Crippen LogP contribution in [0.5, 0.6) is 5.75 Å². The molecule has 1 aliphatic rings. The number of rotatable bonds is 6. The van der Waals surface area contributed by atoms with Gasteiger partial charge < -0.3 is 19.4 Å². The molecule has 34 heavy (non-hydrogen) atoms. The molecule has 2 aromatic carbocycles. The number of fused-ring (bicyclic) bond motifs is 1. The van der Waals surface area contributed by atoms with Crippen molar-refractivity contribution in [3.05, 3.63) is 71.1 Å². The van der Waals surface area contributed by atoms with E-state index in [2.05, 4.69) is 10.3 Å². The molecule has 1 atom stereocenters. The minimum Gasteiger partial charge on any atom is -0.497 e. The molecular weight excluding hydrogens is 470 g/mol. The summed E-state index contributed by atoms with van der Waals surface area (Å²) in [6, 6.07) is 14.7. The fourth-order valence-corrected chi connectivity index (χ4v) is 6.15. The van der Waals surface area contributed by atoms with Crippen LogP contribution in [0, 0.1) is 6.92 Å². The van der Waals surface area contributed by atoms with Gasteiger partial charge in [-0.15, -0.1) is 23.1 Å². The number of carbonyl (C=O) groups excluding carboxylic acids is 2. The van der Waals surface area contributed by atoms with Gasteiger partial charge in [-0.05, 0) is 42.8 Å². The number of amides is 2. The molecular formula is C25H23N3O4S2. The molecule has 0 bridgehead atoms. The van der Waals surface area contributed by atoms with Crippen LogP contribution in [0.4, 0.5) is 0 Å². The molecule has 2 amide bonds. The van der Waals surface area contributed by atoms with Gasteiger partial charge in [0.2, 0.25) is 0 Å². The highest BCUT2D eigenvalue weighted by molar-refractivity contribution is 7.99. The van der Waals surface area contributed by atoms with Crippen molar-refractivity contribution in [1.29, 1.82) is 0 Å². The number of methoxy groups -OCH3 is 1. The number of aromatic nitrogens is 1. The number of hydrogen-bond donors (Lipinski definition) is 1. The van der Waals surface area contributed by atoms with Gasteiger partial charge >= 0.3 is 0 Å². The third-order valence-corrected chi connectivity index (χ3v) is 7.85. The Labute approximate surface area is 205 Å². The fraction of sp³-hybridized carbons (Fsp3) is 0.240. The fourth-order valence-electron chi connectivity index (χ4n) is 4.04. The first-order chi connectivity index (χ1) is 16.5. The summed E-state index contributed by atoms with van der Waals surface area (Å²) in [4.78, 5) is 33.7. The first-order valence-corrected chi connectivity index (χ1v) is 12.8. The quantitative estimate of drug-likeness (QED) is 0.415. The molecule has 1 fully saturated rings. The van der Waals surface area contributed by atoms with E-state index in [1.807, 2.05) is 42.2 Å². The molecule has 1 saturated heterocycles. The number of aryl methyl sites for hydroxylation is 1. The van der Waals surface area contributed by atoms with Crippen LogP contribution < -0.4 is 10.1 Å². The van der Waals surface area contributed by atoms with E-state index in [9.17, 15) is 9.59 Å². The topological polar surface area (TPSA) is 84.7 Å². The van der Waals surface area contributed by atoms with Gasteiger partial charge in [-0.25, -0.2) is 4.98 Å². The van der Waals surface area contributed by atoms with E-state index in [4.69, 9.17) is 9.15 Å². The highest BCUT2D eigenvalue weighted by Crippen LogP contribution is 2.34. The molecule has 9 heteroatoms. The van der Waals surface area contributed by atoms with Crippen LogP contribution in [0.15, 0.2) is 59.2 Å². The van der Waals surface area contributed by atoms with Crippen molar-refractivity contribution < 1.29 is 18.7 Å². The van der Waals surface area contributed by atoms with Crippen molar-refractivity contribution in [2.75, 3.05) is 25.3 Å². The highest BCUT2D eigenvalue weighted by atomic mass is 32.2. The van der Waals surface area contributed by atoms with E-state index >= 15 is 0 Å². The molecule has 0 spiro atoms. The number of thiazole rings is 1. The van der Waals surface area contributed by atoms with E-state index in [-0.39, 0.29) is 17.9 Å². The molecule has 5 rings (SSSR count). The van der Waals surface area contributed by atoms with Gasteiger partial charge in [0.25, 0.3) is 11.8 Å². The summed E-state index contributed by atoms with van der Waals surface area (Å²) in [7, 11) is 1.62. The second kappa shape index (κ2) is 9.52. The second-order valence-corrected chi connectivity index (χ2v) is 10.1. The summed E-state index contributed by atoms with van der Waals surface area (Å²) < 4.78 is 10.8. The summed E-state index contributed by atoms with van der Waals surface area (Å²) in [6.45, 7) is 2.27. The summed E-state index contributed by atoms with van der Waals surface area (Å²) in [5.74, 6) is 1.73. The van der Waals surface area contributed by atoms with Crippen LogP contribution in [0.1, 0.15) is 25.9 Å². The van der Waals surface area contributed by atoms with Crippen molar-refractivity contribution in [3.8, 4) is 16.2 Å². The lowest BCUT2D eigenvalue weighted by atomic mass is 10.1. The summed E-state index contributed by atoms with van der Waals surface area (Å²) in [5, 5.41) is 4.60. The van der Waals surface area contributed by atoms with E-state index in [0.717, 1.165) is 32.3 Å². The van der Waals surface area contributed by atoms with Crippen molar-refractivity contribution in [3.63, 3.8) is 0 Å². The van der Waals surface area contributed by atoms with Gasteiger partial charge in [-0.1, -0.05) is 18.2 Å². The molecule has 0 radical (unpaired) electrons. The normalized spacial score (nSPS) is 15.6. The molecule has 3 heterocycles. The molecule has 0 saturated carbocycles. The lowest BCUT2D eigenvalue weighted by Gasteiger charge is -2.24. The van der Waals surface area contributed by atoms with Crippen LogP contribution in [0.2, 0.25) is 0 Å². The smallest absolute Gasteiger partial charge is 0.275 e. The Kier molecular flexibility index (Phi) is 6.30. The Morgan fingerprint density at radius 2 is 2.09 bits per heavy atom. The minimum atomic E-state index is -0.183. The first kappa shape index (κ1) is 22.5. The Hall–Kier alpha value is -3.30. The first-order valence-electron chi connectivity index (χ1n) is 10.8. The van der Waals surface area contributed by atoms with E-state index in [0.29, 0.717) is 29.3 Å². The number of furan rings is 1. The lowest BCUT2D eigenvalue weighted by Crippen LogP contribution is -2.44. The monoisotopic (exact) mass is 493 g/mol. The molecule has 4 aromatic rings. The van der Waals surface area contributed by atoms with Crippen molar-refractivity contribution in [2.24, 2.45) is 0 Å². The Morgan fingerprint density at radius 1 is 1.24 bits per heavy atom. The maximum absolute atomic E-state index is 13.6. The molecule has 1 N–H and O–H groups in total. The molecule has 1 aliphatic heterocycles.